The number of ether oxygens (including phenoxy) is 2. The van der Waals surface area contributed by atoms with E-state index in [4.69, 9.17) is 9.11 Å². The Bertz CT molecular complexity index is 795. The Kier molecular flexibility index (Phi) is 8.62. The Morgan fingerprint density at radius 2 is 0.750 bits per heavy atom. The second kappa shape index (κ2) is 8.92. The smallest absolute Gasteiger partial charge is 0.317 e. The minimum Gasteiger partial charge on any atom is -0.317 e. The van der Waals surface area contributed by atoms with Crippen molar-refractivity contribution in [2.75, 3.05) is 13.2 Å². The van der Waals surface area contributed by atoms with Crippen LogP contribution >= 0.6 is 0 Å². The van der Waals surface area contributed by atoms with Gasteiger partial charge in [-0.2, -0.15) is 60.7 Å². The molecule has 0 aliphatic carbocycles. The number of alkyl halides is 12. The van der Waals surface area contributed by atoms with Crippen LogP contribution in [0, 0.1) is 0 Å². The molecule has 0 aromatic heterocycles. The highest BCUT2D eigenvalue weighted by Crippen LogP contribution is 2.50. The van der Waals surface area contributed by atoms with Crippen molar-refractivity contribution in [1.82, 2.24) is 0 Å². The minimum atomic E-state index is -7.21. The van der Waals surface area contributed by atoms with Gasteiger partial charge in [-0.1, -0.05) is 0 Å². The predicted octanol–water partition coefficient (Wildman–Crippen LogP) is 3.22. The molecule has 194 valence electrons. The van der Waals surface area contributed by atoms with E-state index in [0.29, 0.717) is 0 Å². The van der Waals surface area contributed by atoms with Crippen LogP contribution in [0.15, 0.2) is 0 Å². The van der Waals surface area contributed by atoms with E-state index in [1.807, 2.05) is 0 Å². The van der Waals surface area contributed by atoms with Crippen molar-refractivity contribution < 1.29 is 88.1 Å². The van der Waals surface area contributed by atoms with E-state index in [0.717, 1.165) is 0 Å². The molecule has 2 N–H and O–H groups in total. The summed E-state index contributed by atoms with van der Waals surface area (Å²) in [6.45, 7) is -3.64. The van der Waals surface area contributed by atoms with Crippen molar-refractivity contribution >= 4 is 20.2 Å². The van der Waals surface area contributed by atoms with Gasteiger partial charge in [-0.15, -0.1) is 0 Å². The lowest BCUT2D eigenvalue weighted by Crippen LogP contribution is -2.61. The van der Waals surface area contributed by atoms with Gasteiger partial charge in [-0.25, -0.2) is 8.78 Å². The third kappa shape index (κ3) is 5.51. The maximum atomic E-state index is 13.5. The van der Waals surface area contributed by atoms with E-state index in [1.165, 1.54) is 0 Å². The second-order valence-electron chi connectivity index (χ2n) is 5.57. The van der Waals surface area contributed by atoms with Crippen LogP contribution in [0.3, 0.4) is 0 Å². The fraction of sp³-hybridized carbons (Fsp3) is 1.00. The van der Waals surface area contributed by atoms with Gasteiger partial charge in [0, 0.05) is 0 Å². The molecule has 0 bridgehead atoms. The molecule has 0 fully saturated rings. The Balaban J connectivity index is 5.19. The van der Waals surface area contributed by atoms with Crippen molar-refractivity contribution in [3.8, 4) is 0 Å². The largest absolute Gasteiger partial charge is 0.449 e. The quantitative estimate of drug-likeness (QED) is 0.228. The molecule has 0 radical (unpaired) electrons. The van der Waals surface area contributed by atoms with Crippen molar-refractivity contribution in [2.45, 2.75) is 47.4 Å². The average molecular weight is 550 g/mol. The topological polar surface area (TPSA) is 127 Å². The highest BCUT2D eigenvalue weighted by Gasteiger charge is 2.81. The Hall–Kier alpha value is -1.10. The third-order valence-corrected chi connectivity index (χ3v) is 5.65. The highest BCUT2D eigenvalue weighted by atomic mass is 32.2. The Labute approximate surface area is 169 Å². The average Bonchev–Trinajstić information content (AvgIpc) is 2.51. The van der Waals surface area contributed by atoms with E-state index in [9.17, 15) is 69.5 Å². The van der Waals surface area contributed by atoms with Crippen molar-refractivity contribution in [2.24, 2.45) is 0 Å². The molecule has 8 nitrogen and oxygen atoms in total. The summed E-state index contributed by atoms with van der Waals surface area (Å²) in [5, 5.41) is -13.3. The van der Waals surface area contributed by atoms with Crippen LogP contribution in [-0.4, -0.2) is 73.7 Å². The zero-order valence-electron chi connectivity index (χ0n) is 14.5. The molecule has 0 heterocycles. The summed E-state index contributed by atoms with van der Waals surface area (Å²) < 4.78 is 219. The first-order valence-electron chi connectivity index (χ1n) is 7.19. The molecule has 0 aromatic carbocycles. The zero-order valence-corrected chi connectivity index (χ0v) is 16.2. The highest BCUT2D eigenvalue weighted by molar-refractivity contribution is 7.87. The van der Waals surface area contributed by atoms with Crippen LogP contribution in [0.4, 0.5) is 52.7 Å². The standard InChI is InChI=1S/C10H10F12O8S2/c11-5(7(13,14)15,31(23,24)25)9(19,20)29-3-1-2-4-30-10(21,22)6(12,8(16,17)18)32(26,27)28/h1-4H2,(H,23,24,25)(H,26,27,28). The lowest BCUT2D eigenvalue weighted by atomic mass is 10.3. The van der Waals surface area contributed by atoms with Crippen molar-refractivity contribution in [3.05, 3.63) is 0 Å². The molecule has 0 aliphatic heterocycles. The van der Waals surface area contributed by atoms with E-state index in [-0.39, 0.29) is 0 Å². The Morgan fingerprint density at radius 3 is 0.906 bits per heavy atom. The number of unbranched alkanes of at least 4 members (excludes halogenated alkanes) is 1. The van der Waals surface area contributed by atoms with Gasteiger partial charge in [0.1, 0.15) is 0 Å². The fourth-order valence-corrected chi connectivity index (χ4v) is 3.02. The molecule has 0 saturated carbocycles. The number of rotatable bonds is 11. The molecule has 2 unspecified atom stereocenters. The molecule has 0 aromatic rings. The number of halogens is 12. The maximum absolute atomic E-state index is 13.5. The zero-order chi connectivity index (χ0) is 26.2. The first-order valence-corrected chi connectivity index (χ1v) is 10.1. The van der Waals surface area contributed by atoms with Gasteiger partial charge >= 0.3 is 54.8 Å². The predicted molar refractivity (Wildman–Crippen MR) is 73.9 cm³/mol. The van der Waals surface area contributed by atoms with Gasteiger partial charge in [-0.05, 0) is 12.8 Å². The van der Waals surface area contributed by atoms with Crippen LogP contribution in [0.1, 0.15) is 12.8 Å². The lowest BCUT2D eigenvalue weighted by molar-refractivity contribution is -0.358. The molecule has 0 amide bonds. The minimum absolute atomic E-state index is 1.22. The molecule has 0 rings (SSSR count). The molecular formula is C10H10F12O8S2. The monoisotopic (exact) mass is 550 g/mol. The molecular weight excluding hydrogens is 540 g/mol. The van der Waals surface area contributed by atoms with Crippen LogP contribution in [-0.2, 0) is 29.7 Å². The number of hydrogen-bond donors (Lipinski definition) is 2. The lowest BCUT2D eigenvalue weighted by Gasteiger charge is -2.32. The van der Waals surface area contributed by atoms with Crippen LogP contribution in [0.2, 0.25) is 0 Å². The summed E-state index contributed by atoms with van der Waals surface area (Å²) in [6.07, 6.45) is -29.0. The molecule has 22 heteroatoms. The Morgan fingerprint density at radius 1 is 0.531 bits per heavy atom. The van der Waals surface area contributed by atoms with E-state index in [1.54, 1.807) is 0 Å². The van der Waals surface area contributed by atoms with Crippen LogP contribution in [0.25, 0.3) is 0 Å². The van der Waals surface area contributed by atoms with E-state index < -0.39 is 80.9 Å². The normalized spacial score (nSPS) is 18.8. The molecule has 0 aliphatic rings. The van der Waals surface area contributed by atoms with E-state index in [2.05, 4.69) is 9.47 Å². The fourth-order valence-electron chi connectivity index (χ4n) is 1.71. The summed E-state index contributed by atoms with van der Waals surface area (Å²) in [5.74, 6) is 0. The second-order valence-corrected chi connectivity index (χ2v) is 8.60. The number of hydrogen-bond acceptors (Lipinski definition) is 6. The van der Waals surface area contributed by atoms with Crippen LogP contribution in [0.5, 0.6) is 0 Å². The maximum Gasteiger partial charge on any atom is 0.449 e. The van der Waals surface area contributed by atoms with Crippen LogP contribution < -0.4 is 0 Å². The molecule has 2 atom stereocenters. The van der Waals surface area contributed by atoms with E-state index >= 15 is 0 Å². The van der Waals surface area contributed by atoms with Gasteiger partial charge < -0.3 is 9.47 Å². The summed E-state index contributed by atoms with van der Waals surface area (Å²) >= 11 is 0. The molecule has 0 spiro atoms. The first-order chi connectivity index (χ1) is 13.7. The third-order valence-electron chi connectivity index (χ3n) is 3.29. The van der Waals surface area contributed by atoms with Gasteiger partial charge in [0.25, 0.3) is 0 Å². The summed E-state index contributed by atoms with van der Waals surface area (Å²) in [6, 6.07) is 0. The van der Waals surface area contributed by atoms with Crippen molar-refractivity contribution in [1.29, 1.82) is 0 Å². The summed E-state index contributed by atoms with van der Waals surface area (Å²) in [7, 11) is -14.4. The van der Waals surface area contributed by atoms with Gasteiger partial charge in [0.2, 0.25) is 0 Å². The van der Waals surface area contributed by atoms with Gasteiger partial charge in [-0.3, -0.25) is 9.11 Å². The van der Waals surface area contributed by atoms with Gasteiger partial charge in [0.05, 0.1) is 13.2 Å². The molecule has 0 saturated heterocycles. The molecule has 32 heavy (non-hydrogen) atoms. The SMILES string of the molecule is O=S(=O)(O)C(F)(C(F)(F)F)C(F)(F)OCCCCOC(F)(F)C(F)(C(F)(F)F)S(=O)(=O)O. The van der Waals surface area contributed by atoms with Gasteiger partial charge in [0.15, 0.2) is 0 Å². The van der Waals surface area contributed by atoms with Crippen molar-refractivity contribution in [3.63, 3.8) is 0 Å². The first kappa shape index (κ1) is 30.9. The summed E-state index contributed by atoms with van der Waals surface area (Å²) in [5.41, 5.74) is 0. The summed E-state index contributed by atoms with van der Waals surface area (Å²) in [4.78, 5) is 0.